The molecule has 0 amide bonds. The van der Waals surface area contributed by atoms with Gasteiger partial charge < -0.3 is 0 Å². The molecule has 0 unspecified atom stereocenters. The van der Waals surface area contributed by atoms with Crippen LogP contribution < -0.4 is 0 Å². The van der Waals surface area contributed by atoms with Crippen LogP contribution in [0.5, 0.6) is 0 Å². The fourth-order valence-corrected chi connectivity index (χ4v) is 7.05. The molecule has 0 spiro atoms. The summed E-state index contributed by atoms with van der Waals surface area (Å²) in [6.07, 6.45) is 5.40. The summed E-state index contributed by atoms with van der Waals surface area (Å²) in [5, 5.41) is 12.9. The highest BCUT2D eigenvalue weighted by Crippen LogP contribution is 2.44. The maximum atomic E-state index is 2.44. The molecule has 0 aliphatic heterocycles. The Bertz CT molecular complexity index is 2390. The molecule has 0 aromatic heterocycles. The van der Waals surface area contributed by atoms with E-state index < -0.39 is 0 Å². The Balaban J connectivity index is 1.52. The van der Waals surface area contributed by atoms with Crippen molar-refractivity contribution in [2.45, 2.75) is 20.3 Å². The zero-order valence-electron chi connectivity index (χ0n) is 24.6. The number of benzene rings is 8. The number of fused-ring (bicyclic) bond motifs is 8. The molecular formula is C43H32. The lowest BCUT2D eigenvalue weighted by molar-refractivity contribution is 1.13. The normalized spacial score (nSPS) is 12.0. The first-order valence-corrected chi connectivity index (χ1v) is 15.3. The second-order valence-corrected chi connectivity index (χ2v) is 11.5. The molecule has 0 fully saturated rings. The highest BCUT2D eigenvalue weighted by atomic mass is 14.2. The number of allylic oxidation sites excluding steroid dienone is 1. The van der Waals surface area contributed by atoms with Gasteiger partial charge in [-0.3, -0.25) is 0 Å². The number of aryl methyl sites for hydroxylation is 1. The summed E-state index contributed by atoms with van der Waals surface area (Å²) < 4.78 is 0. The molecule has 43 heavy (non-hydrogen) atoms. The average molecular weight is 549 g/mol. The quantitative estimate of drug-likeness (QED) is 0.192. The molecule has 8 aromatic rings. The first kappa shape index (κ1) is 25.5. The smallest absolute Gasteiger partial charge is 0.00201 e. The summed E-state index contributed by atoms with van der Waals surface area (Å²) >= 11 is 0. The SMILES string of the molecule is C/C=C\c1cc(-c2cc3cc(-c4ccc5ccccc5c4)c4c5ccccc5ccc4c3c3ccccc23)ccc1CC. The van der Waals surface area contributed by atoms with Gasteiger partial charge >= 0.3 is 0 Å². The monoisotopic (exact) mass is 548 g/mol. The average Bonchev–Trinajstić information content (AvgIpc) is 3.07. The van der Waals surface area contributed by atoms with Crippen LogP contribution in [0.4, 0.5) is 0 Å². The Kier molecular flexibility index (Phi) is 6.09. The second-order valence-electron chi connectivity index (χ2n) is 11.5. The molecule has 0 bridgehead atoms. The predicted octanol–water partition coefficient (Wildman–Crippen LogP) is 12.4. The maximum absolute atomic E-state index is 2.44. The van der Waals surface area contributed by atoms with Gasteiger partial charge in [0.1, 0.15) is 0 Å². The second kappa shape index (κ2) is 10.3. The highest BCUT2D eigenvalue weighted by molar-refractivity contribution is 6.30. The fraction of sp³-hybridized carbons (Fsp3) is 0.0698. The van der Waals surface area contributed by atoms with Gasteiger partial charge in [-0.25, -0.2) is 0 Å². The van der Waals surface area contributed by atoms with Crippen molar-refractivity contribution in [1.82, 2.24) is 0 Å². The van der Waals surface area contributed by atoms with Crippen molar-refractivity contribution >= 4 is 59.9 Å². The van der Waals surface area contributed by atoms with E-state index in [1.165, 1.54) is 87.2 Å². The minimum absolute atomic E-state index is 1.02. The van der Waals surface area contributed by atoms with Gasteiger partial charge in [0.2, 0.25) is 0 Å². The molecule has 0 atom stereocenters. The van der Waals surface area contributed by atoms with E-state index >= 15 is 0 Å². The third kappa shape index (κ3) is 4.14. The number of rotatable bonds is 4. The zero-order chi connectivity index (χ0) is 28.9. The lowest BCUT2D eigenvalue weighted by atomic mass is 9.85. The molecule has 0 heterocycles. The molecule has 8 aromatic carbocycles. The standard InChI is InChI=1S/C43H32/c1-3-11-31-24-33(20-18-28(31)4-2)40-26-35-27-41(34-21-19-29-12-5-6-14-32(29)25-34)43-36-15-8-7-13-30(36)22-23-39(43)42(35)38-17-10-9-16-37(38)40/h3,5-27H,4H2,1-2H3/b11-3-. The largest absolute Gasteiger partial charge is 0.0871 e. The van der Waals surface area contributed by atoms with Crippen LogP contribution in [0.2, 0.25) is 0 Å². The van der Waals surface area contributed by atoms with E-state index in [1.807, 2.05) is 0 Å². The van der Waals surface area contributed by atoms with Gasteiger partial charge in [0.25, 0.3) is 0 Å². The third-order valence-electron chi connectivity index (χ3n) is 9.09. The Morgan fingerprint density at radius 1 is 0.465 bits per heavy atom. The van der Waals surface area contributed by atoms with Gasteiger partial charge in [-0.05, 0) is 125 Å². The van der Waals surface area contributed by atoms with Crippen LogP contribution in [-0.2, 0) is 6.42 Å². The Labute approximate surface area is 252 Å². The van der Waals surface area contributed by atoms with Gasteiger partial charge in [-0.2, -0.15) is 0 Å². The maximum Gasteiger partial charge on any atom is -0.00201 e. The molecule has 0 aliphatic carbocycles. The van der Waals surface area contributed by atoms with E-state index in [4.69, 9.17) is 0 Å². The van der Waals surface area contributed by atoms with E-state index in [2.05, 4.69) is 159 Å². The van der Waals surface area contributed by atoms with E-state index in [0.717, 1.165) is 6.42 Å². The topological polar surface area (TPSA) is 0 Å². The van der Waals surface area contributed by atoms with Gasteiger partial charge in [0.15, 0.2) is 0 Å². The summed E-state index contributed by atoms with van der Waals surface area (Å²) in [6, 6.07) is 49.8. The van der Waals surface area contributed by atoms with Crippen molar-refractivity contribution in [3.05, 3.63) is 151 Å². The van der Waals surface area contributed by atoms with Gasteiger partial charge in [-0.15, -0.1) is 0 Å². The fourth-order valence-electron chi connectivity index (χ4n) is 7.05. The predicted molar refractivity (Wildman–Crippen MR) is 189 cm³/mol. The van der Waals surface area contributed by atoms with Crippen LogP contribution in [0.25, 0.3) is 82.2 Å². The summed E-state index contributed by atoms with van der Waals surface area (Å²) in [7, 11) is 0. The summed E-state index contributed by atoms with van der Waals surface area (Å²) in [6.45, 7) is 4.33. The first-order valence-electron chi connectivity index (χ1n) is 15.3. The van der Waals surface area contributed by atoms with Crippen LogP contribution in [0, 0.1) is 0 Å². The highest BCUT2D eigenvalue weighted by Gasteiger charge is 2.17. The summed E-state index contributed by atoms with van der Waals surface area (Å²) in [4.78, 5) is 0. The molecule has 0 saturated heterocycles. The van der Waals surface area contributed by atoms with E-state index in [1.54, 1.807) is 0 Å². The minimum atomic E-state index is 1.02. The molecule has 8 rings (SSSR count). The van der Waals surface area contributed by atoms with Crippen LogP contribution in [0.1, 0.15) is 25.0 Å². The molecule has 0 radical (unpaired) electrons. The lowest BCUT2D eigenvalue weighted by Gasteiger charge is -2.18. The molecule has 0 nitrogen and oxygen atoms in total. The molecule has 204 valence electrons. The molecule has 0 heteroatoms. The van der Waals surface area contributed by atoms with E-state index in [-0.39, 0.29) is 0 Å². The van der Waals surface area contributed by atoms with Crippen molar-refractivity contribution in [2.75, 3.05) is 0 Å². The van der Waals surface area contributed by atoms with E-state index in [0.29, 0.717) is 0 Å². The third-order valence-corrected chi connectivity index (χ3v) is 9.09. The van der Waals surface area contributed by atoms with E-state index in [9.17, 15) is 0 Å². The Hall–Kier alpha value is -5.20. The van der Waals surface area contributed by atoms with Crippen LogP contribution in [0.15, 0.2) is 140 Å². The van der Waals surface area contributed by atoms with Crippen molar-refractivity contribution in [3.63, 3.8) is 0 Å². The van der Waals surface area contributed by atoms with Crippen molar-refractivity contribution in [3.8, 4) is 22.3 Å². The van der Waals surface area contributed by atoms with Gasteiger partial charge in [0, 0.05) is 0 Å². The summed E-state index contributed by atoms with van der Waals surface area (Å²) in [5.74, 6) is 0. The minimum Gasteiger partial charge on any atom is -0.0871 e. The Morgan fingerprint density at radius 2 is 1.12 bits per heavy atom. The van der Waals surface area contributed by atoms with Crippen LogP contribution >= 0.6 is 0 Å². The van der Waals surface area contributed by atoms with Crippen molar-refractivity contribution in [1.29, 1.82) is 0 Å². The first-order chi connectivity index (χ1) is 21.2. The molecule has 0 saturated carbocycles. The van der Waals surface area contributed by atoms with Gasteiger partial charge in [-0.1, -0.05) is 128 Å². The number of hydrogen-bond acceptors (Lipinski definition) is 0. The molecule has 0 N–H and O–H groups in total. The number of hydrogen-bond donors (Lipinski definition) is 0. The Morgan fingerprint density at radius 3 is 1.93 bits per heavy atom. The molecular weight excluding hydrogens is 516 g/mol. The molecule has 0 aliphatic rings. The van der Waals surface area contributed by atoms with Gasteiger partial charge in [0.05, 0.1) is 0 Å². The van der Waals surface area contributed by atoms with Crippen LogP contribution in [0.3, 0.4) is 0 Å². The summed E-state index contributed by atoms with van der Waals surface area (Å²) in [5.41, 5.74) is 7.74. The zero-order valence-corrected chi connectivity index (χ0v) is 24.6. The van der Waals surface area contributed by atoms with Crippen molar-refractivity contribution < 1.29 is 0 Å². The lowest BCUT2D eigenvalue weighted by Crippen LogP contribution is -1.92. The van der Waals surface area contributed by atoms with Crippen LogP contribution in [-0.4, -0.2) is 0 Å². The van der Waals surface area contributed by atoms with Crippen molar-refractivity contribution in [2.24, 2.45) is 0 Å².